The molecule has 1 aliphatic carbocycles. The summed E-state index contributed by atoms with van der Waals surface area (Å²) in [5.74, 6) is -0.153. The van der Waals surface area contributed by atoms with Crippen LogP contribution in [0.3, 0.4) is 0 Å². The second-order valence-electron chi connectivity index (χ2n) is 9.62. The number of amides is 2. The van der Waals surface area contributed by atoms with Crippen molar-refractivity contribution >= 4 is 11.8 Å². The summed E-state index contributed by atoms with van der Waals surface area (Å²) in [6.45, 7) is 6.37. The quantitative estimate of drug-likeness (QED) is 0.406. The average molecular weight is 477 g/mol. The van der Waals surface area contributed by atoms with Gasteiger partial charge in [0.1, 0.15) is 0 Å². The molecule has 2 aromatic carbocycles. The summed E-state index contributed by atoms with van der Waals surface area (Å²) in [4.78, 5) is 28.1. The first-order chi connectivity index (χ1) is 17.1. The normalized spacial score (nSPS) is 14.9. The first kappa shape index (κ1) is 26.9. The molecule has 1 radical (unpaired) electrons. The summed E-state index contributed by atoms with van der Waals surface area (Å²) < 4.78 is 0. The molecule has 0 aliphatic heterocycles. The molecule has 0 saturated heterocycles. The molecule has 0 aromatic heterocycles. The lowest BCUT2D eigenvalue weighted by Gasteiger charge is -2.25. The van der Waals surface area contributed by atoms with E-state index in [9.17, 15) is 9.59 Å². The van der Waals surface area contributed by atoms with Crippen molar-refractivity contribution in [1.29, 1.82) is 0 Å². The van der Waals surface area contributed by atoms with E-state index in [0.717, 1.165) is 38.9 Å². The topological polar surface area (TPSA) is 61.4 Å². The van der Waals surface area contributed by atoms with Crippen LogP contribution >= 0.6 is 0 Å². The van der Waals surface area contributed by atoms with Crippen LogP contribution in [0.4, 0.5) is 0 Å². The number of hydrogen-bond donors (Lipinski definition) is 2. The lowest BCUT2D eigenvalue weighted by Crippen LogP contribution is -2.41. The lowest BCUT2D eigenvalue weighted by molar-refractivity contribution is 0.0755. The molecule has 3 rings (SSSR count). The van der Waals surface area contributed by atoms with Crippen LogP contribution in [0.25, 0.3) is 0 Å². The van der Waals surface area contributed by atoms with Crippen molar-refractivity contribution in [3.63, 3.8) is 0 Å². The smallest absolute Gasteiger partial charge is 0.253 e. The van der Waals surface area contributed by atoms with Crippen LogP contribution in [0.15, 0.2) is 54.6 Å². The summed E-state index contributed by atoms with van der Waals surface area (Å²) in [5, 5.41) is 6.86. The van der Waals surface area contributed by atoms with Gasteiger partial charge in [-0.3, -0.25) is 9.59 Å². The van der Waals surface area contributed by atoms with Crippen LogP contribution in [0.5, 0.6) is 0 Å². The molecule has 35 heavy (non-hydrogen) atoms. The summed E-state index contributed by atoms with van der Waals surface area (Å²) in [6, 6.07) is 17.9. The van der Waals surface area contributed by atoms with E-state index in [1.807, 2.05) is 23.1 Å². The summed E-state index contributed by atoms with van der Waals surface area (Å²) >= 11 is 0. The van der Waals surface area contributed by atoms with Gasteiger partial charge in [0, 0.05) is 42.8 Å². The van der Waals surface area contributed by atoms with Crippen molar-refractivity contribution < 1.29 is 9.59 Å². The SMILES string of the molecule is CCCN(CCC)C(=O)c1cccc(C(=O)N[C@@H]([CH]CNC2CCCCC2)Cc2ccccc2)c1. The molecule has 0 bridgehead atoms. The van der Waals surface area contributed by atoms with E-state index in [2.05, 4.69) is 43.0 Å². The highest BCUT2D eigenvalue weighted by Gasteiger charge is 2.19. The summed E-state index contributed by atoms with van der Waals surface area (Å²) in [5.41, 5.74) is 2.28. The first-order valence-electron chi connectivity index (χ1n) is 13.4. The minimum absolute atomic E-state index is 0.00701. The molecule has 2 amide bonds. The highest BCUT2D eigenvalue weighted by atomic mass is 16.2. The van der Waals surface area contributed by atoms with Gasteiger partial charge in [-0.05, 0) is 62.3 Å². The van der Waals surface area contributed by atoms with Gasteiger partial charge in [0.2, 0.25) is 0 Å². The van der Waals surface area contributed by atoms with Crippen LogP contribution in [-0.4, -0.2) is 48.4 Å². The molecule has 189 valence electrons. The van der Waals surface area contributed by atoms with Crippen LogP contribution in [0.1, 0.15) is 85.1 Å². The third-order valence-electron chi connectivity index (χ3n) is 6.67. The van der Waals surface area contributed by atoms with Gasteiger partial charge in [-0.1, -0.05) is 69.5 Å². The zero-order chi connectivity index (χ0) is 24.9. The minimum atomic E-state index is -0.146. The van der Waals surface area contributed by atoms with Gasteiger partial charge in [-0.2, -0.15) is 0 Å². The number of rotatable bonds is 13. The van der Waals surface area contributed by atoms with Crippen molar-refractivity contribution in [2.75, 3.05) is 19.6 Å². The Labute approximate surface area is 211 Å². The van der Waals surface area contributed by atoms with Crippen LogP contribution in [0, 0.1) is 6.42 Å². The third-order valence-corrected chi connectivity index (χ3v) is 6.67. The number of carbonyl (C=O) groups is 2. The first-order valence-corrected chi connectivity index (χ1v) is 13.4. The van der Waals surface area contributed by atoms with Gasteiger partial charge in [0.05, 0.1) is 0 Å². The lowest BCUT2D eigenvalue weighted by atomic mass is 9.95. The van der Waals surface area contributed by atoms with Crippen molar-refractivity contribution in [2.45, 2.75) is 77.3 Å². The Bertz CT molecular complexity index is 903. The Morgan fingerprint density at radius 1 is 0.943 bits per heavy atom. The molecule has 1 atom stereocenters. The van der Waals surface area contributed by atoms with Gasteiger partial charge >= 0.3 is 0 Å². The van der Waals surface area contributed by atoms with Gasteiger partial charge in [0.25, 0.3) is 11.8 Å². The van der Waals surface area contributed by atoms with Gasteiger partial charge < -0.3 is 15.5 Å². The van der Waals surface area contributed by atoms with Crippen molar-refractivity contribution in [2.24, 2.45) is 0 Å². The summed E-state index contributed by atoms with van der Waals surface area (Å²) in [6.07, 6.45) is 11.1. The molecule has 1 saturated carbocycles. The Kier molecular flexibility index (Phi) is 11.3. The number of hydrogen-bond acceptors (Lipinski definition) is 3. The van der Waals surface area contributed by atoms with E-state index in [-0.39, 0.29) is 17.9 Å². The van der Waals surface area contributed by atoms with Gasteiger partial charge in [-0.15, -0.1) is 0 Å². The Morgan fingerprint density at radius 2 is 1.63 bits per heavy atom. The zero-order valence-electron chi connectivity index (χ0n) is 21.5. The third kappa shape index (κ3) is 8.81. The van der Waals surface area contributed by atoms with Gasteiger partial charge in [-0.25, -0.2) is 0 Å². The van der Waals surface area contributed by atoms with Crippen molar-refractivity contribution in [3.8, 4) is 0 Å². The van der Waals surface area contributed by atoms with Crippen molar-refractivity contribution in [1.82, 2.24) is 15.5 Å². The molecular weight excluding hydrogens is 434 g/mol. The fraction of sp³-hybridized carbons (Fsp3) is 0.500. The molecule has 0 unspecified atom stereocenters. The van der Waals surface area contributed by atoms with Crippen LogP contribution in [-0.2, 0) is 6.42 Å². The molecule has 1 aliphatic rings. The number of carbonyl (C=O) groups excluding carboxylic acids is 2. The molecule has 0 heterocycles. The number of nitrogens with zero attached hydrogens (tertiary/aromatic N) is 1. The molecule has 1 fully saturated rings. The zero-order valence-corrected chi connectivity index (χ0v) is 21.5. The second kappa shape index (κ2) is 14.7. The molecule has 2 N–H and O–H groups in total. The monoisotopic (exact) mass is 476 g/mol. The van der Waals surface area contributed by atoms with Crippen LogP contribution < -0.4 is 10.6 Å². The fourth-order valence-electron chi connectivity index (χ4n) is 4.83. The van der Waals surface area contributed by atoms with E-state index < -0.39 is 0 Å². The Morgan fingerprint density at radius 3 is 2.31 bits per heavy atom. The molecular formula is C30H42N3O2. The average Bonchev–Trinajstić information content (AvgIpc) is 2.89. The second-order valence-corrected chi connectivity index (χ2v) is 9.62. The van der Waals surface area contributed by atoms with E-state index in [1.165, 1.54) is 37.7 Å². The maximum atomic E-state index is 13.2. The number of benzene rings is 2. The maximum Gasteiger partial charge on any atom is 0.253 e. The summed E-state index contributed by atoms with van der Waals surface area (Å²) in [7, 11) is 0. The molecule has 5 nitrogen and oxygen atoms in total. The number of nitrogens with one attached hydrogen (secondary N) is 2. The van der Waals surface area contributed by atoms with Crippen LogP contribution in [0.2, 0.25) is 0 Å². The highest BCUT2D eigenvalue weighted by Crippen LogP contribution is 2.17. The predicted octanol–water partition coefficient (Wildman–Crippen LogP) is 5.42. The standard InChI is InChI=1S/C30H42N3O2/c1-3-20-33(21-4-2)30(35)26-15-11-14-25(23-26)29(34)32-28(22-24-12-7-5-8-13-24)18-19-31-27-16-9-6-10-17-27/h5,7-8,11-15,18,23,27-28,31H,3-4,6,9-10,16-17,19-22H2,1-2H3,(H,32,34)/t28-/m0/s1. The Balaban J connectivity index is 1.66. The van der Waals surface area contributed by atoms with E-state index in [1.54, 1.807) is 24.3 Å². The molecule has 0 spiro atoms. The Hall–Kier alpha value is -2.66. The highest BCUT2D eigenvalue weighted by molar-refractivity contribution is 5.99. The largest absolute Gasteiger partial charge is 0.349 e. The van der Waals surface area contributed by atoms with E-state index >= 15 is 0 Å². The minimum Gasteiger partial charge on any atom is -0.349 e. The predicted molar refractivity (Wildman–Crippen MR) is 144 cm³/mol. The fourth-order valence-corrected chi connectivity index (χ4v) is 4.83. The molecule has 2 aromatic rings. The van der Waals surface area contributed by atoms with Gasteiger partial charge in [0.15, 0.2) is 0 Å². The molecule has 5 heteroatoms. The van der Waals surface area contributed by atoms with E-state index in [4.69, 9.17) is 0 Å². The maximum absolute atomic E-state index is 13.2. The van der Waals surface area contributed by atoms with E-state index in [0.29, 0.717) is 17.2 Å². The van der Waals surface area contributed by atoms with Crippen molar-refractivity contribution in [3.05, 3.63) is 77.7 Å².